The van der Waals surface area contributed by atoms with E-state index in [1.165, 1.54) is 4.90 Å². The van der Waals surface area contributed by atoms with Crippen LogP contribution in [0.1, 0.15) is 27.0 Å². The average molecular weight is 409 g/mol. The number of aromatic nitrogens is 2. The molecule has 150 valence electrons. The molecule has 3 rings (SSSR count). The maximum atomic E-state index is 12.7. The lowest BCUT2D eigenvalue weighted by molar-refractivity contribution is -0.116. The topological polar surface area (TPSA) is 70.1 Å². The second-order valence-electron chi connectivity index (χ2n) is 7.17. The lowest BCUT2D eigenvalue weighted by Crippen LogP contribution is -2.35. The first kappa shape index (κ1) is 20.5. The lowest BCUT2D eigenvalue weighted by Gasteiger charge is -2.19. The van der Waals surface area contributed by atoms with Crippen LogP contribution in [-0.4, -0.2) is 39.9 Å². The predicted octanol–water partition coefficient (Wildman–Crippen LogP) is 4.17. The van der Waals surface area contributed by atoms with Crippen LogP contribution in [0.25, 0.3) is 5.69 Å². The van der Waals surface area contributed by atoms with Crippen LogP contribution >= 0.6 is 12.2 Å². The van der Waals surface area contributed by atoms with Crippen LogP contribution in [0, 0.1) is 25.5 Å². The van der Waals surface area contributed by atoms with Gasteiger partial charge in [0, 0.05) is 36.4 Å². The number of nitrogens with one attached hydrogen (secondary N) is 2. The standard InChI is InChI=1S/C22H24N4O2S/c1-14-11-15(2)20(16(3)12-14)24-19(27)13-25(4)21(28)17-5-7-18(8-6-17)26-10-9-23-22(26)29/h5-12H,13H2,1-4H3,(H,23,29)(H,24,27). The van der Waals surface area contributed by atoms with Crippen LogP contribution in [0.15, 0.2) is 48.8 Å². The molecule has 2 aromatic carbocycles. The summed E-state index contributed by atoms with van der Waals surface area (Å²) in [5, 5.41) is 2.93. The first-order chi connectivity index (χ1) is 13.8. The second-order valence-corrected chi connectivity index (χ2v) is 7.55. The number of hydrogen-bond acceptors (Lipinski definition) is 3. The lowest BCUT2D eigenvalue weighted by atomic mass is 10.1. The Labute approximate surface area is 175 Å². The molecule has 3 aromatic rings. The number of anilines is 1. The number of imidazole rings is 1. The van der Waals surface area contributed by atoms with Crippen LogP contribution in [-0.2, 0) is 4.79 Å². The third-order valence-electron chi connectivity index (χ3n) is 4.71. The Bertz CT molecular complexity index is 1090. The van der Waals surface area contributed by atoms with E-state index >= 15 is 0 Å². The Morgan fingerprint density at radius 2 is 1.72 bits per heavy atom. The predicted molar refractivity (Wildman–Crippen MR) is 117 cm³/mol. The van der Waals surface area contributed by atoms with Gasteiger partial charge in [-0.2, -0.15) is 0 Å². The van der Waals surface area contributed by atoms with E-state index in [0.29, 0.717) is 10.3 Å². The molecule has 0 bridgehead atoms. The molecule has 1 heterocycles. The van der Waals surface area contributed by atoms with Crippen molar-refractivity contribution < 1.29 is 9.59 Å². The maximum Gasteiger partial charge on any atom is 0.254 e. The average Bonchev–Trinajstić information content (AvgIpc) is 3.10. The summed E-state index contributed by atoms with van der Waals surface area (Å²) < 4.78 is 2.40. The van der Waals surface area contributed by atoms with E-state index in [9.17, 15) is 9.59 Å². The van der Waals surface area contributed by atoms with Gasteiger partial charge in [0.2, 0.25) is 5.91 Å². The monoisotopic (exact) mass is 408 g/mol. The minimum absolute atomic E-state index is 0.0315. The normalized spacial score (nSPS) is 10.6. The van der Waals surface area contributed by atoms with Gasteiger partial charge in [0.25, 0.3) is 5.91 Å². The number of benzene rings is 2. The van der Waals surface area contributed by atoms with Crippen molar-refractivity contribution in [1.82, 2.24) is 14.5 Å². The molecule has 0 unspecified atom stereocenters. The fraction of sp³-hybridized carbons (Fsp3) is 0.227. The van der Waals surface area contributed by atoms with Gasteiger partial charge in [-0.15, -0.1) is 0 Å². The summed E-state index contributed by atoms with van der Waals surface area (Å²) in [5.74, 6) is -0.451. The highest BCUT2D eigenvalue weighted by molar-refractivity contribution is 7.71. The largest absolute Gasteiger partial charge is 0.337 e. The van der Waals surface area contributed by atoms with Crippen molar-refractivity contribution in [2.45, 2.75) is 20.8 Å². The van der Waals surface area contributed by atoms with Crippen LogP contribution in [0.3, 0.4) is 0 Å². The first-order valence-electron chi connectivity index (χ1n) is 9.26. The van der Waals surface area contributed by atoms with Gasteiger partial charge >= 0.3 is 0 Å². The zero-order valence-electron chi connectivity index (χ0n) is 16.9. The Hall–Kier alpha value is -3.19. The summed E-state index contributed by atoms with van der Waals surface area (Å²) in [4.78, 5) is 29.5. The molecule has 2 N–H and O–H groups in total. The highest BCUT2D eigenvalue weighted by Crippen LogP contribution is 2.22. The minimum Gasteiger partial charge on any atom is -0.337 e. The van der Waals surface area contributed by atoms with Crippen molar-refractivity contribution in [1.29, 1.82) is 0 Å². The summed E-state index contributed by atoms with van der Waals surface area (Å²) in [6, 6.07) is 11.2. The van der Waals surface area contributed by atoms with Crippen molar-refractivity contribution in [2.75, 3.05) is 18.9 Å². The molecule has 0 fully saturated rings. The van der Waals surface area contributed by atoms with E-state index in [-0.39, 0.29) is 18.4 Å². The molecule has 0 aliphatic rings. The molecule has 0 saturated carbocycles. The maximum absolute atomic E-state index is 12.7. The number of hydrogen-bond donors (Lipinski definition) is 2. The van der Waals surface area contributed by atoms with E-state index in [0.717, 1.165) is 28.1 Å². The van der Waals surface area contributed by atoms with Gasteiger partial charge in [-0.25, -0.2) is 0 Å². The van der Waals surface area contributed by atoms with Gasteiger partial charge in [0.05, 0.1) is 6.54 Å². The van der Waals surface area contributed by atoms with Crippen LogP contribution in [0.2, 0.25) is 0 Å². The molecular weight excluding hydrogens is 384 g/mol. The van der Waals surface area contributed by atoms with E-state index in [4.69, 9.17) is 12.2 Å². The molecule has 0 spiro atoms. The third-order valence-corrected chi connectivity index (χ3v) is 5.03. The zero-order chi connectivity index (χ0) is 21.1. The van der Waals surface area contributed by atoms with E-state index in [2.05, 4.69) is 10.3 Å². The number of H-pyrrole nitrogens is 1. The summed E-state index contributed by atoms with van der Waals surface area (Å²) in [6.07, 6.45) is 3.58. The minimum atomic E-state index is -0.230. The molecule has 29 heavy (non-hydrogen) atoms. The molecule has 0 atom stereocenters. The first-order valence-corrected chi connectivity index (χ1v) is 9.66. The number of amides is 2. The molecule has 7 heteroatoms. The highest BCUT2D eigenvalue weighted by Gasteiger charge is 2.16. The van der Waals surface area contributed by atoms with Crippen LogP contribution in [0.4, 0.5) is 5.69 Å². The van der Waals surface area contributed by atoms with E-state index < -0.39 is 0 Å². The van der Waals surface area contributed by atoms with Gasteiger partial charge in [0.1, 0.15) is 0 Å². The van der Waals surface area contributed by atoms with Crippen molar-refractivity contribution in [3.8, 4) is 5.69 Å². The molecule has 1 aromatic heterocycles. The van der Waals surface area contributed by atoms with Gasteiger partial charge in [-0.05, 0) is 68.4 Å². The Morgan fingerprint density at radius 1 is 1.10 bits per heavy atom. The SMILES string of the molecule is Cc1cc(C)c(NC(=O)CN(C)C(=O)c2ccc(-n3cc[nH]c3=S)cc2)c(C)c1. The fourth-order valence-electron chi connectivity index (χ4n) is 3.35. The molecule has 0 radical (unpaired) electrons. The molecular formula is C22H24N4O2S. The molecule has 0 aliphatic carbocycles. The summed E-state index contributed by atoms with van der Waals surface area (Å²) >= 11 is 5.21. The number of likely N-dealkylation sites (N-methyl/N-ethyl adjacent to an activating group) is 1. The second kappa shape index (κ2) is 8.45. The highest BCUT2D eigenvalue weighted by atomic mass is 32.1. The zero-order valence-corrected chi connectivity index (χ0v) is 17.8. The van der Waals surface area contributed by atoms with Crippen molar-refractivity contribution in [3.05, 3.63) is 75.8 Å². The van der Waals surface area contributed by atoms with Crippen LogP contribution in [0.5, 0.6) is 0 Å². The molecule has 2 amide bonds. The number of carbonyl (C=O) groups excluding carboxylic acids is 2. The molecule has 6 nitrogen and oxygen atoms in total. The van der Waals surface area contributed by atoms with Crippen molar-refractivity contribution >= 4 is 29.7 Å². The van der Waals surface area contributed by atoms with Crippen molar-refractivity contribution in [2.24, 2.45) is 0 Å². The number of aromatic amines is 1. The number of carbonyl (C=O) groups is 2. The van der Waals surface area contributed by atoms with E-state index in [1.807, 2.05) is 55.8 Å². The van der Waals surface area contributed by atoms with E-state index in [1.54, 1.807) is 25.4 Å². The Kier molecular flexibility index (Phi) is 5.98. The molecule has 0 aliphatic heterocycles. The smallest absolute Gasteiger partial charge is 0.254 e. The van der Waals surface area contributed by atoms with Crippen molar-refractivity contribution in [3.63, 3.8) is 0 Å². The number of nitrogens with zero attached hydrogens (tertiary/aromatic N) is 2. The van der Waals surface area contributed by atoms with Gasteiger partial charge in [-0.3, -0.25) is 14.2 Å². The summed E-state index contributed by atoms with van der Waals surface area (Å²) in [5.41, 5.74) is 5.32. The quantitative estimate of drug-likeness (QED) is 0.623. The number of aryl methyl sites for hydroxylation is 3. The van der Waals surface area contributed by atoms with Gasteiger partial charge in [-0.1, -0.05) is 17.7 Å². The van der Waals surface area contributed by atoms with Gasteiger partial charge in [0.15, 0.2) is 4.77 Å². The third kappa shape index (κ3) is 4.63. The van der Waals surface area contributed by atoms with Gasteiger partial charge < -0.3 is 15.2 Å². The van der Waals surface area contributed by atoms with Crippen LogP contribution < -0.4 is 5.32 Å². The fourth-order valence-corrected chi connectivity index (χ4v) is 3.59. The number of rotatable bonds is 5. The Morgan fingerprint density at radius 3 is 2.28 bits per heavy atom. The summed E-state index contributed by atoms with van der Waals surface area (Å²) in [7, 11) is 1.62. The molecule has 0 saturated heterocycles. The Balaban J connectivity index is 1.67. The summed E-state index contributed by atoms with van der Waals surface area (Å²) in [6.45, 7) is 5.91.